The summed E-state index contributed by atoms with van der Waals surface area (Å²) in [5, 5.41) is 0. The maximum absolute atomic E-state index is 13.0. The Morgan fingerprint density at radius 3 is 2.28 bits per heavy atom. The smallest absolute Gasteiger partial charge is 0.254 e. The lowest BCUT2D eigenvalue weighted by atomic mass is 10.00. The molecular formula is C22H25N3O4. The number of hydrogen-bond donors (Lipinski definition) is 1. The van der Waals surface area contributed by atoms with Crippen molar-refractivity contribution in [2.75, 3.05) is 27.3 Å². The van der Waals surface area contributed by atoms with Gasteiger partial charge in [-0.15, -0.1) is 0 Å². The molecule has 2 aromatic carbocycles. The Labute approximate surface area is 170 Å². The molecular weight excluding hydrogens is 370 g/mol. The number of piperidine rings is 1. The maximum Gasteiger partial charge on any atom is 0.254 e. The molecule has 2 heterocycles. The summed E-state index contributed by atoms with van der Waals surface area (Å²) in [6.07, 6.45) is 1.25. The van der Waals surface area contributed by atoms with Crippen LogP contribution in [0.4, 0.5) is 0 Å². The number of aryl methyl sites for hydroxylation is 1. The monoisotopic (exact) mass is 395 g/mol. The minimum atomic E-state index is -0.622. The van der Waals surface area contributed by atoms with Crippen molar-refractivity contribution in [1.29, 1.82) is 0 Å². The van der Waals surface area contributed by atoms with Gasteiger partial charge in [0.05, 0.1) is 14.2 Å². The average Bonchev–Trinajstić information content (AvgIpc) is 3.17. The Morgan fingerprint density at radius 2 is 1.69 bits per heavy atom. The summed E-state index contributed by atoms with van der Waals surface area (Å²) in [5.74, 6) is 1.88. The number of ether oxygens (including phenoxy) is 2. The molecule has 2 aromatic rings. The van der Waals surface area contributed by atoms with Crippen LogP contribution in [0.1, 0.15) is 34.3 Å². The quantitative estimate of drug-likeness (QED) is 0.862. The van der Waals surface area contributed by atoms with Gasteiger partial charge in [-0.05, 0) is 19.1 Å². The maximum atomic E-state index is 13.0. The summed E-state index contributed by atoms with van der Waals surface area (Å²) < 4.78 is 10.6. The minimum Gasteiger partial charge on any atom is -0.497 e. The molecule has 0 aliphatic carbocycles. The van der Waals surface area contributed by atoms with Crippen molar-refractivity contribution in [2.45, 2.75) is 25.5 Å². The van der Waals surface area contributed by atoms with Crippen LogP contribution in [-0.2, 0) is 4.84 Å². The van der Waals surface area contributed by atoms with E-state index in [1.54, 1.807) is 32.4 Å². The van der Waals surface area contributed by atoms with Crippen molar-refractivity contribution < 1.29 is 19.1 Å². The molecule has 0 aromatic heterocycles. The van der Waals surface area contributed by atoms with E-state index in [0.717, 1.165) is 11.4 Å². The number of hydrogen-bond acceptors (Lipinski definition) is 6. The van der Waals surface area contributed by atoms with Gasteiger partial charge in [0.1, 0.15) is 11.5 Å². The van der Waals surface area contributed by atoms with Crippen LogP contribution in [0.2, 0.25) is 0 Å². The molecule has 1 amide bonds. The van der Waals surface area contributed by atoms with Crippen molar-refractivity contribution >= 4 is 11.7 Å². The molecule has 0 bridgehead atoms. The van der Waals surface area contributed by atoms with E-state index >= 15 is 0 Å². The molecule has 1 N–H and O–H groups in total. The van der Waals surface area contributed by atoms with Gasteiger partial charge in [-0.3, -0.25) is 4.79 Å². The Kier molecular flexibility index (Phi) is 5.15. The second-order valence-corrected chi connectivity index (χ2v) is 7.37. The van der Waals surface area contributed by atoms with E-state index in [-0.39, 0.29) is 5.91 Å². The third-order valence-electron chi connectivity index (χ3n) is 5.41. The van der Waals surface area contributed by atoms with Crippen molar-refractivity contribution in [3.8, 4) is 11.5 Å². The Bertz CT molecular complexity index is 909. The number of likely N-dealkylation sites (tertiary alicyclic amines) is 1. The van der Waals surface area contributed by atoms with Crippen molar-refractivity contribution in [1.82, 2.24) is 10.4 Å². The fraction of sp³-hybridized carbons (Fsp3) is 0.364. The van der Waals surface area contributed by atoms with E-state index in [2.05, 4.69) is 12.4 Å². The molecule has 2 aliphatic rings. The van der Waals surface area contributed by atoms with Crippen LogP contribution in [0.3, 0.4) is 0 Å². The number of benzene rings is 2. The van der Waals surface area contributed by atoms with Crippen LogP contribution in [-0.4, -0.2) is 49.7 Å². The number of methoxy groups -OCH3 is 2. The highest BCUT2D eigenvalue weighted by atomic mass is 16.7. The Morgan fingerprint density at radius 1 is 1.07 bits per heavy atom. The summed E-state index contributed by atoms with van der Waals surface area (Å²) in [6, 6.07) is 13.4. The van der Waals surface area contributed by atoms with E-state index in [1.165, 1.54) is 5.56 Å². The molecule has 4 rings (SSSR count). The molecule has 1 saturated heterocycles. The van der Waals surface area contributed by atoms with E-state index in [4.69, 9.17) is 19.3 Å². The fourth-order valence-corrected chi connectivity index (χ4v) is 3.61. The molecule has 152 valence electrons. The molecule has 0 saturated carbocycles. The number of rotatable bonds is 4. The summed E-state index contributed by atoms with van der Waals surface area (Å²) in [4.78, 5) is 25.5. The zero-order chi connectivity index (χ0) is 20.4. The first kappa shape index (κ1) is 19.3. The SMILES string of the molecule is COc1cc(OC)cc(C(=O)N2CCC3(CC2)N=C(c2ccc(C)cc2)NO3)c1. The van der Waals surface area contributed by atoms with Gasteiger partial charge in [-0.25, -0.2) is 15.3 Å². The predicted octanol–water partition coefficient (Wildman–Crippen LogP) is 2.93. The molecule has 0 atom stereocenters. The van der Waals surface area contributed by atoms with Gasteiger partial charge < -0.3 is 14.4 Å². The first-order valence-electron chi connectivity index (χ1n) is 9.65. The highest BCUT2D eigenvalue weighted by Crippen LogP contribution is 2.32. The predicted molar refractivity (Wildman–Crippen MR) is 109 cm³/mol. The molecule has 1 fully saturated rings. The van der Waals surface area contributed by atoms with Gasteiger partial charge >= 0.3 is 0 Å². The van der Waals surface area contributed by atoms with Crippen molar-refractivity contribution in [3.05, 3.63) is 59.2 Å². The van der Waals surface area contributed by atoms with Crippen LogP contribution in [0, 0.1) is 6.92 Å². The number of nitrogens with zero attached hydrogens (tertiary/aromatic N) is 2. The van der Waals surface area contributed by atoms with Crippen molar-refractivity contribution in [3.63, 3.8) is 0 Å². The van der Waals surface area contributed by atoms with E-state index < -0.39 is 5.72 Å². The number of hydroxylamine groups is 1. The Hall–Kier alpha value is -3.06. The number of carbonyl (C=O) groups is 1. The van der Waals surface area contributed by atoms with Gasteiger partial charge in [-0.2, -0.15) is 0 Å². The zero-order valence-electron chi connectivity index (χ0n) is 16.9. The number of amidine groups is 1. The third-order valence-corrected chi connectivity index (χ3v) is 5.41. The summed E-state index contributed by atoms with van der Waals surface area (Å²) >= 11 is 0. The van der Waals surface area contributed by atoms with Crippen molar-refractivity contribution in [2.24, 2.45) is 4.99 Å². The first-order chi connectivity index (χ1) is 14.0. The highest BCUT2D eigenvalue weighted by Gasteiger charge is 2.41. The van der Waals surface area contributed by atoms with Crippen LogP contribution < -0.4 is 15.0 Å². The molecule has 2 aliphatic heterocycles. The van der Waals surface area contributed by atoms with E-state index in [9.17, 15) is 4.79 Å². The zero-order valence-corrected chi connectivity index (χ0v) is 16.9. The van der Waals surface area contributed by atoms with Gasteiger partial charge in [0.25, 0.3) is 5.91 Å². The molecule has 29 heavy (non-hydrogen) atoms. The minimum absolute atomic E-state index is 0.0502. The van der Waals surface area contributed by atoms with Gasteiger partial charge in [0, 0.05) is 43.1 Å². The van der Waals surface area contributed by atoms with Gasteiger partial charge in [0.15, 0.2) is 11.6 Å². The normalized spacial score (nSPS) is 17.6. The highest BCUT2D eigenvalue weighted by molar-refractivity contribution is 5.99. The standard InChI is InChI=1S/C22H25N3O4/c1-15-4-6-16(7-5-15)20-23-22(29-24-20)8-10-25(11-9-22)21(26)17-12-18(27-2)14-19(13-17)28-3/h4-7,12-14H,8-11H2,1-3H3,(H,23,24). The summed E-state index contributed by atoms with van der Waals surface area (Å²) in [5.41, 5.74) is 5.09. The molecule has 0 radical (unpaired) electrons. The fourth-order valence-electron chi connectivity index (χ4n) is 3.61. The van der Waals surface area contributed by atoms with Crippen LogP contribution in [0.5, 0.6) is 11.5 Å². The third kappa shape index (κ3) is 3.91. The van der Waals surface area contributed by atoms with Gasteiger partial charge in [0.2, 0.25) is 0 Å². The van der Waals surface area contributed by atoms with Gasteiger partial charge in [-0.1, -0.05) is 29.8 Å². The average molecular weight is 395 g/mol. The number of carbonyl (C=O) groups excluding carboxylic acids is 1. The van der Waals surface area contributed by atoms with Crippen LogP contribution in [0.25, 0.3) is 0 Å². The molecule has 7 nitrogen and oxygen atoms in total. The topological polar surface area (TPSA) is 72.4 Å². The molecule has 7 heteroatoms. The largest absolute Gasteiger partial charge is 0.497 e. The molecule has 1 spiro atoms. The summed E-state index contributed by atoms with van der Waals surface area (Å²) in [6.45, 7) is 3.17. The lowest BCUT2D eigenvalue weighted by Crippen LogP contribution is -2.46. The van der Waals surface area contributed by atoms with Crippen LogP contribution >= 0.6 is 0 Å². The number of amides is 1. The first-order valence-corrected chi connectivity index (χ1v) is 9.65. The van der Waals surface area contributed by atoms with E-state index in [0.29, 0.717) is 43.0 Å². The Balaban J connectivity index is 1.46. The lowest BCUT2D eigenvalue weighted by Gasteiger charge is -2.35. The van der Waals surface area contributed by atoms with E-state index in [1.807, 2.05) is 29.2 Å². The number of aliphatic imine (C=N–C) groups is 1. The summed E-state index contributed by atoms with van der Waals surface area (Å²) in [7, 11) is 3.14. The second-order valence-electron chi connectivity index (χ2n) is 7.37. The second kappa shape index (κ2) is 7.75. The lowest BCUT2D eigenvalue weighted by molar-refractivity contribution is -0.0849. The number of nitrogens with one attached hydrogen (secondary N) is 1. The molecule has 0 unspecified atom stereocenters. The van der Waals surface area contributed by atoms with Crippen LogP contribution in [0.15, 0.2) is 47.5 Å².